The summed E-state index contributed by atoms with van der Waals surface area (Å²) in [5.41, 5.74) is 7.89. The molecule has 2 N–H and O–H groups in total. The third-order valence-corrected chi connectivity index (χ3v) is 4.09. The lowest BCUT2D eigenvalue weighted by Gasteiger charge is -2.12. The number of hydrogen-bond acceptors (Lipinski definition) is 4. The maximum absolute atomic E-state index is 12.1. The molecule has 0 amide bonds. The lowest BCUT2D eigenvalue weighted by Crippen LogP contribution is -2.17. The van der Waals surface area contributed by atoms with Crippen molar-refractivity contribution in [2.75, 3.05) is 0 Å². The van der Waals surface area contributed by atoms with Crippen LogP contribution in [-0.4, -0.2) is 11.3 Å². The Bertz CT molecular complexity index is 608. The molecule has 0 aliphatic carbocycles. The summed E-state index contributed by atoms with van der Waals surface area (Å²) in [6.45, 7) is 3.82. The smallest absolute Gasteiger partial charge is 0.406 e. The second-order valence-corrected chi connectivity index (χ2v) is 5.92. The summed E-state index contributed by atoms with van der Waals surface area (Å²) < 4.78 is 40.0. The number of hydrogen-bond donors (Lipinski definition) is 1. The Morgan fingerprint density at radius 1 is 1.24 bits per heavy atom. The summed E-state index contributed by atoms with van der Waals surface area (Å²) in [7, 11) is 0. The standard InChI is InChI=1S/C14H15F3N2OS/c1-8-13(21-9(2)19-8)12(18)7-10-3-5-11(6-4-10)20-14(15,16)17/h3-6,12H,7,18H2,1-2H3. The first kappa shape index (κ1) is 15.8. The van der Waals surface area contributed by atoms with E-state index in [9.17, 15) is 13.2 Å². The van der Waals surface area contributed by atoms with Gasteiger partial charge >= 0.3 is 6.36 Å². The van der Waals surface area contributed by atoms with E-state index in [1.54, 1.807) is 23.5 Å². The van der Waals surface area contributed by atoms with Crippen molar-refractivity contribution in [3.05, 3.63) is 45.4 Å². The highest BCUT2D eigenvalue weighted by Gasteiger charge is 2.30. The molecule has 0 saturated heterocycles. The van der Waals surface area contributed by atoms with Crippen LogP contribution in [0, 0.1) is 13.8 Å². The Hall–Kier alpha value is -1.60. The van der Waals surface area contributed by atoms with E-state index in [2.05, 4.69) is 9.72 Å². The Morgan fingerprint density at radius 3 is 2.33 bits per heavy atom. The molecule has 3 nitrogen and oxygen atoms in total. The van der Waals surface area contributed by atoms with Gasteiger partial charge in [-0.05, 0) is 38.0 Å². The molecule has 0 aliphatic heterocycles. The van der Waals surface area contributed by atoms with Gasteiger partial charge in [0.25, 0.3) is 0 Å². The largest absolute Gasteiger partial charge is 0.573 e. The fourth-order valence-electron chi connectivity index (χ4n) is 2.06. The van der Waals surface area contributed by atoms with Crippen molar-refractivity contribution in [1.29, 1.82) is 0 Å². The maximum atomic E-state index is 12.1. The second-order valence-electron chi connectivity index (χ2n) is 4.68. The molecule has 1 aromatic heterocycles. The molecule has 2 aromatic rings. The van der Waals surface area contributed by atoms with Crippen LogP contribution in [0.2, 0.25) is 0 Å². The molecule has 0 saturated carbocycles. The van der Waals surface area contributed by atoms with Crippen molar-refractivity contribution < 1.29 is 17.9 Å². The van der Waals surface area contributed by atoms with Gasteiger partial charge in [-0.15, -0.1) is 24.5 Å². The van der Waals surface area contributed by atoms with E-state index in [1.165, 1.54) is 12.1 Å². The van der Waals surface area contributed by atoms with Gasteiger partial charge < -0.3 is 10.5 Å². The van der Waals surface area contributed by atoms with Gasteiger partial charge in [-0.25, -0.2) is 4.98 Å². The zero-order valence-electron chi connectivity index (χ0n) is 11.6. The van der Waals surface area contributed by atoms with Crippen LogP contribution >= 0.6 is 11.3 Å². The van der Waals surface area contributed by atoms with Crippen LogP contribution in [0.4, 0.5) is 13.2 Å². The average molecular weight is 316 g/mol. The lowest BCUT2D eigenvalue weighted by molar-refractivity contribution is -0.274. The second kappa shape index (κ2) is 6.03. The van der Waals surface area contributed by atoms with Crippen molar-refractivity contribution in [3.8, 4) is 5.75 Å². The number of alkyl halides is 3. The number of halogens is 3. The molecule has 0 aliphatic rings. The van der Waals surface area contributed by atoms with E-state index in [-0.39, 0.29) is 11.8 Å². The van der Waals surface area contributed by atoms with Gasteiger partial charge in [0.1, 0.15) is 5.75 Å². The number of benzene rings is 1. The molecule has 0 fully saturated rings. The molecule has 0 bridgehead atoms. The van der Waals surface area contributed by atoms with Crippen LogP contribution in [0.1, 0.15) is 27.2 Å². The summed E-state index contributed by atoms with van der Waals surface area (Å²) in [5, 5.41) is 0.951. The van der Waals surface area contributed by atoms with Crippen LogP contribution in [0.15, 0.2) is 24.3 Å². The molecular weight excluding hydrogens is 301 g/mol. The van der Waals surface area contributed by atoms with E-state index in [1.807, 2.05) is 13.8 Å². The fourth-order valence-corrected chi connectivity index (χ4v) is 2.99. The first-order chi connectivity index (χ1) is 9.74. The van der Waals surface area contributed by atoms with Crippen molar-refractivity contribution >= 4 is 11.3 Å². The van der Waals surface area contributed by atoms with Crippen molar-refractivity contribution in [2.45, 2.75) is 32.7 Å². The molecular formula is C14H15F3N2OS. The zero-order chi connectivity index (χ0) is 15.6. The van der Waals surface area contributed by atoms with Gasteiger partial charge in [0.05, 0.1) is 10.7 Å². The van der Waals surface area contributed by atoms with Crippen LogP contribution in [0.3, 0.4) is 0 Å². The number of nitrogens with zero attached hydrogens (tertiary/aromatic N) is 1. The van der Waals surface area contributed by atoms with Crippen molar-refractivity contribution in [3.63, 3.8) is 0 Å². The molecule has 1 atom stereocenters. The third kappa shape index (κ3) is 4.44. The van der Waals surface area contributed by atoms with Crippen LogP contribution in [0.25, 0.3) is 0 Å². The van der Waals surface area contributed by atoms with Gasteiger partial charge in [-0.1, -0.05) is 12.1 Å². The Balaban J connectivity index is 2.05. The fraction of sp³-hybridized carbons (Fsp3) is 0.357. The highest BCUT2D eigenvalue weighted by atomic mass is 32.1. The Morgan fingerprint density at radius 2 is 1.86 bits per heavy atom. The molecule has 114 valence electrons. The minimum atomic E-state index is -4.67. The normalized spacial score (nSPS) is 13.2. The van der Waals surface area contributed by atoms with Gasteiger partial charge in [0, 0.05) is 10.9 Å². The summed E-state index contributed by atoms with van der Waals surface area (Å²) in [6, 6.07) is 5.54. The molecule has 2 rings (SSSR count). The van der Waals surface area contributed by atoms with Gasteiger partial charge in [-0.3, -0.25) is 0 Å². The van der Waals surface area contributed by atoms with E-state index < -0.39 is 6.36 Å². The molecule has 1 heterocycles. The summed E-state index contributed by atoms with van der Waals surface area (Å²) in [5.74, 6) is -0.232. The molecule has 21 heavy (non-hydrogen) atoms. The van der Waals surface area contributed by atoms with E-state index in [0.717, 1.165) is 21.1 Å². The minimum Gasteiger partial charge on any atom is -0.406 e. The maximum Gasteiger partial charge on any atom is 0.573 e. The quantitative estimate of drug-likeness (QED) is 0.930. The Kier molecular flexibility index (Phi) is 4.53. The summed E-state index contributed by atoms with van der Waals surface area (Å²) in [4.78, 5) is 5.32. The number of ether oxygens (including phenoxy) is 1. The van der Waals surface area contributed by atoms with E-state index >= 15 is 0 Å². The molecule has 0 spiro atoms. The molecule has 1 aromatic carbocycles. The minimum absolute atomic E-state index is 0.217. The third-order valence-electron chi connectivity index (χ3n) is 2.89. The summed E-state index contributed by atoms with van der Waals surface area (Å²) in [6.07, 6.45) is -4.13. The van der Waals surface area contributed by atoms with Crippen LogP contribution in [0.5, 0.6) is 5.75 Å². The lowest BCUT2D eigenvalue weighted by atomic mass is 10.0. The molecule has 1 unspecified atom stereocenters. The SMILES string of the molecule is Cc1nc(C)c(C(N)Cc2ccc(OC(F)(F)F)cc2)s1. The van der Waals surface area contributed by atoms with E-state index in [0.29, 0.717) is 6.42 Å². The zero-order valence-corrected chi connectivity index (χ0v) is 12.4. The monoisotopic (exact) mass is 316 g/mol. The predicted molar refractivity (Wildman–Crippen MR) is 75.3 cm³/mol. The predicted octanol–water partition coefficient (Wildman–Crippen LogP) is 3.90. The van der Waals surface area contributed by atoms with Crippen LogP contribution in [-0.2, 0) is 6.42 Å². The highest BCUT2D eigenvalue weighted by molar-refractivity contribution is 7.11. The van der Waals surface area contributed by atoms with E-state index in [4.69, 9.17) is 5.73 Å². The van der Waals surface area contributed by atoms with Gasteiger partial charge in [-0.2, -0.15) is 0 Å². The molecule has 0 radical (unpaired) electrons. The first-order valence-corrected chi connectivity index (χ1v) is 7.10. The number of nitrogens with two attached hydrogens (primary N) is 1. The first-order valence-electron chi connectivity index (χ1n) is 6.29. The van der Waals surface area contributed by atoms with Gasteiger partial charge in [0.15, 0.2) is 0 Å². The number of rotatable bonds is 4. The highest BCUT2D eigenvalue weighted by Crippen LogP contribution is 2.27. The summed E-state index contributed by atoms with van der Waals surface area (Å²) >= 11 is 1.54. The van der Waals surface area contributed by atoms with Crippen molar-refractivity contribution in [1.82, 2.24) is 4.98 Å². The Labute approximate surface area is 124 Å². The average Bonchev–Trinajstić information content (AvgIpc) is 2.69. The molecule has 7 heteroatoms. The van der Waals surface area contributed by atoms with Crippen LogP contribution < -0.4 is 10.5 Å². The number of aryl methyl sites for hydroxylation is 2. The topological polar surface area (TPSA) is 48.1 Å². The number of thiazole rings is 1. The number of aromatic nitrogens is 1. The van der Waals surface area contributed by atoms with Gasteiger partial charge in [0.2, 0.25) is 0 Å². The van der Waals surface area contributed by atoms with Crippen molar-refractivity contribution in [2.24, 2.45) is 5.73 Å².